The van der Waals surface area contributed by atoms with Crippen LogP contribution in [-0.4, -0.2) is 30.1 Å². The molecule has 0 radical (unpaired) electrons. The molecule has 0 aromatic carbocycles. The molecule has 2 atom stereocenters. The lowest BCUT2D eigenvalue weighted by atomic mass is 10.2. The molecular weight excluding hydrogens is 200 g/mol. The maximum absolute atomic E-state index is 5.42. The average molecular weight is 220 g/mol. The van der Waals surface area contributed by atoms with Gasteiger partial charge in [-0.3, -0.25) is 4.90 Å². The molecule has 2 heterocycles. The summed E-state index contributed by atoms with van der Waals surface area (Å²) in [6.45, 7) is 4.67. The highest BCUT2D eigenvalue weighted by Crippen LogP contribution is 2.30. The van der Waals surface area contributed by atoms with Crippen molar-refractivity contribution in [2.45, 2.75) is 44.3 Å². The van der Waals surface area contributed by atoms with Crippen molar-refractivity contribution in [3.05, 3.63) is 24.2 Å². The van der Waals surface area contributed by atoms with Gasteiger partial charge in [-0.1, -0.05) is 0 Å². The number of hydrogen-bond acceptors (Lipinski definition) is 3. The van der Waals surface area contributed by atoms with Gasteiger partial charge in [-0.2, -0.15) is 0 Å². The number of nitrogens with one attached hydrogen (secondary N) is 1. The minimum atomic E-state index is 0.333. The number of rotatable bonds is 4. The zero-order valence-electron chi connectivity index (χ0n) is 9.86. The fourth-order valence-electron chi connectivity index (χ4n) is 2.67. The Labute approximate surface area is 96.8 Å². The van der Waals surface area contributed by atoms with Gasteiger partial charge in [0, 0.05) is 25.2 Å². The predicted octanol–water partition coefficient (Wildman–Crippen LogP) is 2.17. The van der Waals surface area contributed by atoms with Gasteiger partial charge in [-0.05, 0) is 38.3 Å². The van der Waals surface area contributed by atoms with Gasteiger partial charge >= 0.3 is 0 Å². The van der Waals surface area contributed by atoms with E-state index in [2.05, 4.69) is 17.1 Å². The second-order valence-corrected chi connectivity index (χ2v) is 5.12. The van der Waals surface area contributed by atoms with Crippen molar-refractivity contribution in [1.29, 1.82) is 0 Å². The van der Waals surface area contributed by atoms with Crippen molar-refractivity contribution in [1.82, 2.24) is 10.2 Å². The molecule has 1 aromatic heterocycles. The van der Waals surface area contributed by atoms with Crippen LogP contribution < -0.4 is 5.32 Å². The second kappa shape index (κ2) is 4.22. The van der Waals surface area contributed by atoms with Crippen LogP contribution in [0.1, 0.15) is 38.0 Å². The van der Waals surface area contributed by atoms with Crippen LogP contribution in [0.4, 0.5) is 0 Å². The minimum absolute atomic E-state index is 0.333. The van der Waals surface area contributed by atoms with Crippen LogP contribution >= 0.6 is 0 Å². The fourth-order valence-corrected chi connectivity index (χ4v) is 2.67. The lowest BCUT2D eigenvalue weighted by Gasteiger charge is -2.19. The molecule has 3 rings (SSSR count). The van der Waals surface area contributed by atoms with Gasteiger partial charge in [0.2, 0.25) is 0 Å². The third kappa shape index (κ3) is 2.15. The Kier molecular flexibility index (Phi) is 2.74. The van der Waals surface area contributed by atoms with E-state index in [1.54, 1.807) is 6.26 Å². The molecule has 0 spiro atoms. The van der Waals surface area contributed by atoms with Gasteiger partial charge in [0.15, 0.2) is 0 Å². The molecule has 1 aliphatic carbocycles. The molecule has 1 saturated heterocycles. The van der Waals surface area contributed by atoms with Crippen molar-refractivity contribution >= 4 is 0 Å². The molecule has 1 N–H and O–H groups in total. The molecule has 1 aliphatic heterocycles. The van der Waals surface area contributed by atoms with Gasteiger partial charge in [0.05, 0.1) is 12.3 Å². The van der Waals surface area contributed by atoms with Crippen molar-refractivity contribution in [2.24, 2.45) is 0 Å². The SMILES string of the molecule is C[C@H](NC1CCN(C2CC2)C1)c1ccco1. The standard InChI is InChI=1S/C13H20N2O/c1-10(13-3-2-8-16-13)14-11-6-7-15(9-11)12-4-5-12/h2-3,8,10-12,14H,4-7,9H2,1H3/t10-,11?/m0/s1. The first-order valence-corrected chi connectivity index (χ1v) is 6.36. The van der Waals surface area contributed by atoms with Gasteiger partial charge in [0.1, 0.15) is 5.76 Å². The largest absolute Gasteiger partial charge is 0.468 e. The van der Waals surface area contributed by atoms with Crippen molar-refractivity contribution in [3.63, 3.8) is 0 Å². The normalized spacial score (nSPS) is 28.4. The summed E-state index contributed by atoms with van der Waals surface area (Å²) in [6.07, 6.45) is 5.86. The van der Waals surface area contributed by atoms with E-state index in [4.69, 9.17) is 4.42 Å². The van der Waals surface area contributed by atoms with E-state index in [9.17, 15) is 0 Å². The number of furan rings is 1. The summed E-state index contributed by atoms with van der Waals surface area (Å²) in [5.74, 6) is 1.05. The number of nitrogens with zero attached hydrogens (tertiary/aromatic N) is 1. The summed E-state index contributed by atoms with van der Waals surface area (Å²) in [4.78, 5) is 2.63. The maximum atomic E-state index is 5.42. The summed E-state index contributed by atoms with van der Waals surface area (Å²) < 4.78 is 5.42. The van der Waals surface area contributed by atoms with Crippen LogP contribution in [0.15, 0.2) is 22.8 Å². The van der Waals surface area contributed by atoms with Crippen LogP contribution in [0, 0.1) is 0 Å². The molecule has 0 bridgehead atoms. The summed E-state index contributed by atoms with van der Waals surface area (Å²) in [7, 11) is 0. The van der Waals surface area contributed by atoms with Gasteiger partial charge in [-0.25, -0.2) is 0 Å². The van der Waals surface area contributed by atoms with Crippen molar-refractivity contribution in [2.75, 3.05) is 13.1 Å². The lowest BCUT2D eigenvalue weighted by Crippen LogP contribution is -2.34. The third-order valence-electron chi connectivity index (χ3n) is 3.74. The molecule has 3 heteroatoms. The third-order valence-corrected chi connectivity index (χ3v) is 3.74. The minimum Gasteiger partial charge on any atom is -0.468 e. The van der Waals surface area contributed by atoms with E-state index in [1.807, 2.05) is 12.1 Å². The Balaban J connectivity index is 1.51. The number of hydrogen-bond donors (Lipinski definition) is 1. The monoisotopic (exact) mass is 220 g/mol. The second-order valence-electron chi connectivity index (χ2n) is 5.12. The van der Waals surface area contributed by atoms with E-state index < -0.39 is 0 Å². The van der Waals surface area contributed by atoms with Crippen LogP contribution in [0.25, 0.3) is 0 Å². The highest BCUT2D eigenvalue weighted by atomic mass is 16.3. The van der Waals surface area contributed by atoms with E-state index in [-0.39, 0.29) is 0 Å². The molecule has 1 unspecified atom stereocenters. The topological polar surface area (TPSA) is 28.4 Å². The molecule has 3 nitrogen and oxygen atoms in total. The Hall–Kier alpha value is -0.800. The first kappa shape index (κ1) is 10.4. The average Bonchev–Trinajstić information content (AvgIpc) is 2.82. The highest BCUT2D eigenvalue weighted by Gasteiger charge is 2.34. The molecular formula is C13H20N2O. The molecule has 88 valence electrons. The van der Waals surface area contributed by atoms with E-state index in [0.717, 1.165) is 11.8 Å². The van der Waals surface area contributed by atoms with Gasteiger partial charge in [0.25, 0.3) is 0 Å². The Morgan fingerprint density at radius 3 is 3.00 bits per heavy atom. The summed E-state index contributed by atoms with van der Waals surface area (Å²) in [5.41, 5.74) is 0. The van der Waals surface area contributed by atoms with Gasteiger partial charge < -0.3 is 9.73 Å². The quantitative estimate of drug-likeness (QED) is 0.843. The summed E-state index contributed by atoms with van der Waals surface area (Å²) >= 11 is 0. The van der Waals surface area contributed by atoms with Crippen molar-refractivity contribution < 1.29 is 4.42 Å². The molecule has 0 amide bonds. The maximum Gasteiger partial charge on any atom is 0.120 e. The van der Waals surface area contributed by atoms with Gasteiger partial charge in [-0.15, -0.1) is 0 Å². The Bertz CT molecular complexity index is 332. The first-order valence-electron chi connectivity index (χ1n) is 6.36. The molecule has 16 heavy (non-hydrogen) atoms. The van der Waals surface area contributed by atoms with Crippen LogP contribution in [0.3, 0.4) is 0 Å². The summed E-state index contributed by atoms with van der Waals surface area (Å²) in [5, 5.41) is 3.66. The lowest BCUT2D eigenvalue weighted by molar-refractivity contribution is 0.309. The fraction of sp³-hybridized carbons (Fsp3) is 0.692. The zero-order valence-corrected chi connectivity index (χ0v) is 9.86. The zero-order chi connectivity index (χ0) is 11.0. The first-order chi connectivity index (χ1) is 7.83. The van der Waals surface area contributed by atoms with Crippen LogP contribution in [-0.2, 0) is 0 Å². The molecule has 2 aliphatic rings. The Morgan fingerprint density at radius 1 is 1.44 bits per heavy atom. The predicted molar refractivity (Wildman–Crippen MR) is 63.3 cm³/mol. The molecule has 1 saturated carbocycles. The van der Waals surface area contributed by atoms with Crippen LogP contribution in [0.5, 0.6) is 0 Å². The molecule has 1 aromatic rings. The van der Waals surface area contributed by atoms with Crippen LogP contribution in [0.2, 0.25) is 0 Å². The number of likely N-dealkylation sites (tertiary alicyclic amines) is 1. The molecule has 2 fully saturated rings. The van der Waals surface area contributed by atoms with E-state index in [0.29, 0.717) is 12.1 Å². The smallest absolute Gasteiger partial charge is 0.120 e. The van der Waals surface area contributed by atoms with E-state index in [1.165, 1.54) is 32.4 Å². The summed E-state index contributed by atoms with van der Waals surface area (Å²) in [6, 6.07) is 5.88. The van der Waals surface area contributed by atoms with E-state index >= 15 is 0 Å². The van der Waals surface area contributed by atoms with Crippen molar-refractivity contribution in [3.8, 4) is 0 Å². The highest BCUT2D eigenvalue weighted by molar-refractivity contribution is 5.04. The Morgan fingerprint density at radius 2 is 2.31 bits per heavy atom.